The Kier molecular flexibility index (Phi) is 4.14. The van der Waals surface area contributed by atoms with Crippen molar-refractivity contribution in [1.82, 2.24) is 0 Å². The van der Waals surface area contributed by atoms with E-state index in [0.29, 0.717) is 0 Å². The third kappa shape index (κ3) is 3.21. The largest absolute Gasteiger partial charge is 0.0622 e. The van der Waals surface area contributed by atoms with Gasteiger partial charge in [0.2, 0.25) is 0 Å². The van der Waals surface area contributed by atoms with Crippen molar-refractivity contribution in [2.45, 2.75) is 13.8 Å². The van der Waals surface area contributed by atoms with E-state index in [2.05, 4.69) is 62.4 Å². The highest BCUT2D eigenvalue weighted by Crippen LogP contribution is 2.16. The standard InChI is InChI=1S/C18H17/c1-15(17-9-5-3-6-10-17)13-14-16(2)18-11-7-4-8-12-18/h3-13H,1-2H3. The van der Waals surface area contributed by atoms with Crippen molar-refractivity contribution in [3.05, 3.63) is 83.9 Å². The predicted octanol–water partition coefficient (Wildman–Crippen LogP) is 5.00. The zero-order valence-corrected chi connectivity index (χ0v) is 10.9. The van der Waals surface area contributed by atoms with Crippen LogP contribution in [0.25, 0.3) is 11.1 Å². The molecule has 0 spiro atoms. The van der Waals surface area contributed by atoms with Crippen molar-refractivity contribution in [3.63, 3.8) is 0 Å². The van der Waals surface area contributed by atoms with Crippen molar-refractivity contribution in [2.24, 2.45) is 0 Å². The summed E-state index contributed by atoms with van der Waals surface area (Å²) in [6.07, 6.45) is 5.41. The van der Waals surface area contributed by atoms with Crippen LogP contribution in [0.15, 0.2) is 66.7 Å². The van der Waals surface area contributed by atoms with E-state index in [1.807, 2.05) is 24.3 Å². The van der Waals surface area contributed by atoms with Crippen LogP contribution in [0.2, 0.25) is 0 Å². The molecule has 0 aliphatic carbocycles. The summed E-state index contributed by atoms with van der Waals surface area (Å²) in [4.78, 5) is 0. The van der Waals surface area contributed by atoms with Gasteiger partial charge in [-0.3, -0.25) is 0 Å². The van der Waals surface area contributed by atoms with E-state index >= 15 is 0 Å². The Morgan fingerprint density at radius 1 is 0.778 bits per heavy atom. The Labute approximate surface area is 109 Å². The van der Waals surface area contributed by atoms with E-state index in [4.69, 9.17) is 0 Å². The minimum absolute atomic E-state index is 1.16. The second-order valence-corrected chi connectivity index (χ2v) is 4.33. The molecule has 2 rings (SSSR count). The lowest BCUT2D eigenvalue weighted by atomic mass is 10.0. The maximum absolute atomic E-state index is 3.35. The highest BCUT2D eigenvalue weighted by atomic mass is 14.0. The van der Waals surface area contributed by atoms with Gasteiger partial charge >= 0.3 is 0 Å². The number of rotatable bonds is 3. The Bertz CT molecular complexity index is 492. The van der Waals surface area contributed by atoms with Crippen LogP contribution < -0.4 is 0 Å². The van der Waals surface area contributed by atoms with Crippen molar-refractivity contribution in [3.8, 4) is 0 Å². The van der Waals surface area contributed by atoms with Gasteiger partial charge in [0.15, 0.2) is 0 Å². The normalized spacial score (nSPS) is 12.6. The molecular weight excluding hydrogens is 216 g/mol. The molecule has 0 amide bonds. The highest BCUT2D eigenvalue weighted by Gasteiger charge is 1.94. The monoisotopic (exact) mass is 233 g/mol. The topological polar surface area (TPSA) is 0 Å². The summed E-state index contributed by atoms with van der Waals surface area (Å²) in [6, 6.07) is 20.7. The van der Waals surface area contributed by atoms with Gasteiger partial charge in [-0.15, -0.1) is 0 Å². The minimum atomic E-state index is 1.16. The maximum atomic E-state index is 3.35. The van der Waals surface area contributed by atoms with Gasteiger partial charge in [-0.25, -0.2) is 0 Å². The molecule has 0 saturated heterocycles. The number of benzene rings is 2. The average molecular weight is 233 g/mol. The molecule has 0 nitrogen and oxygen atoms in total. The van der Waals surface area contributed by atoms with E-state index in [1.54, 1.807) is 0 Å². The van der Waals surface area contributed by atoms with Crippen LogP contribution in [0.4, 0.5) is 0 Å². The van der Waals surface area contributed by atoms with Crippen molar-refractivity contribution in [2.75, 3.05) is 0 Å². The molecule has 1 radical (unpaired) electrons. The fourth-order valence-corrected chi connectivity index (χ4v) is 1.77. The van der Waals surface area contributed by atoms with Crippen molar-refractivity contribution >= 4 is 11.1 Å². The maximum Gasteiger partial charge on any atom is -0.0143 e. The van der Waals surface area contributed by atoms with Crippen LogP contribution in [-0.4, -0.2) is 0 Å². The quantitative estimate of drug-likeness (QED) is 0.655. The van der Waals surface area contributed by atoms with Gasteiger partial charge in [-0.05, 0) is 42.2 Å². The summed E-state index contributed by atoms with van der Waals surface area (Å²) < 4.78 is 0. The van der Waals surface area contributed by atoms with Crippen molar-refractivity contribution < 1.29 is 0 Å². The molecular formula is C18H17. The minimum Gasteiger partial charge on any atom is -0.0622 e. The number of hydrogen-bond acceptors (Lipinski definition) is 0. The molecule has 0 saturated carbocycles. The van der Waals surface area contributed by atoms with E-state index in [9.17, 15) is 0 Å². The van der Waals surface area contributed by atoms with Gasteiger partial charge < -0.3 is 0 Å². The van der Waals surface area contributed by atoms with E-state index in [1.165, 1.54) is 16.7 Å². The molecule has 0 aromatic heterocycles. The molecule has 89 valence electrons. The van der Waals surface area contributed by atoms with Crippen LogP contribution >= 0.6 is 0 Å². The third-order valence-corrected chi connectivity index (χ3v) is 2.94. The van der Waals surface area contributed by atoms with Crippen LogP contribution in [0.1, 0.15) is 25.0 Å². The smallest absolute Gasteiger partial charge is 0.0143 e. The van der Waals surface area contributed by atoms with Gasteiger partial charge in [-0.1, -0.05) is 66.7 Å². The lowest BCUT2D eigenvalue weighted by Crippen LogP contribution is -1.80. The zero-order chi connectivity index (χ0) is 12.8. The van der Waals surface area contributed by atoms with Crippen molar-refractivity contribution in [1.29, 1.82) is 0 Å². The molecule has 18 heavy (non-hydrogen) atoms. The molecule has 2 aromatic rings. The van der Waals surface area contributed by atoms with E-state index in [0.717, 1.165) is 5.57 Å². The van der Waals surface area contributed by atoms with Gasteiger partial charge in [0, 0.05) is 0 Å². The molecule has 0 unspecified atom stereocenters. The average Bonchev–Trinajstić information content (AvgIpc) is 2.46. The van der Waals surface area contributed by atoms with Gasteiger partial charge in [0.1, 0.15) is 0 Å². The Hall–Kier alpha value is -2.08. The van der Waals surface area contributed by atoms with Gasteiger partial charge in [-0.2, -0.15) is 0 Å². The predicted molar refractivity (Wildman–Crippen MR) is 78.9 cm³/mol. The molecule has 0 heteroatoms. The van der Waals surface area contributed by atoms with Crippen LogP contribution in [0.3, 0.4) is 0 Å². The lowest BCUT2D eigenvalue weighted by molar-refractivity contribution is 1.53. The summed E-state index contributed by atoms with van der Waals surface area (Å²) in [5.74, 6) is 0. The first-order valence-corrected chi connectivity index (χ1v) is 6.15. The summed E-state index contributed by atoms with van der Waals surface area (Å²) in [7, 11) is 0. The highest BCUT2D eigenvalue weighted by molar-refractivity contribution is 5.69. The van der Waals surface area contributed by atoms with E-state index < -0.39 is 0 Å². The molecule has 0 N–H and O–H groups in total. The van der Waals surface area contributed by atoms with Gasteiger partial charge in [0.05, 0.1) is 0 Å². The van der Waals surface area contributed by atoms with E-state index in [-0.39, 0.29) is 0 Å². The summed E-state index contributed by atoms with van der Waals surface area (Å²) in [5.41, 5.74) is 4.84. The third-order valence-electron chi connectivity index (χ3n) is 2.94. The van der Waals surface area contributed by atoms with Crippen LogP contribution in [-0.2, 0) is 0 Å². The first-order valence-electron chi connectivity index (χ1n) is 6.15. The first kappa shape index (κ1) is 12.4. The lowest BCUT2D eigenvalue weighted by Gasteiger charge is -2.01. The van der Waals surface area contributed by atoms with Gasteiger partial charge in [0.25, 0.3) is 0 Å². The zero-order valence-electron chi connectivity index (χ0n) is 10.9. The summed E-state index contributed by atoms with van der Waals surface area (Å²) in [6.45, 7) is 4.20. The van der Waals surface area contributed by atoms with Crippen LogP contribution in [0.5, 0.6) is 0 Å². The first-order chi connectivity index (χ1) is 8.77. The Balaban J connectivity index is 2.20. The Morgan fingerprint density at radius 2 is 1.28 bits per heavy atom. The molecule has 0 atom stereocenters. The van der Waals surface area contributed by atoms with Crippen LogP contribution in [0, 0.1) is 6.08 Å². The second kappa shape index (κ2) is 6.02. The fraction of sp³-hybridized carbons (Fsp3) is 0.111. The summed E-state index contributed by atoms with van der Waals surface area (Å²) >= 11 is 0. The molecule has 0 aliphatic heterocycles. The molecule has 0 bridgehead atoms. The molecule has 2 aromatic carbocycles. The summed E-state index contributed by atoms with van der Waals surface area (Å²) in [5, 5.41) is 0. The molecule has 0 fully saturated rings. The second-order valence-electron chi connectivity index (χ2n) is 4.33. The molecule has 0 aliphatic rings. The SMILES string of the molecule is CC(=[C]C=C(C)c1ccccc1)c1ccccc1. The number of hydrogen-bond donors (Lipinski definition) is 0. The number of allylic oxidation sites excluding steroid dienone is 4. The molecule has 0 heterocycles. The fourth-order valence-electron chi connectivity index (χ4n) is 1.77. The Morgan fingerprint density at radius 3 is 1.83 bits per heavy atom.